The molecule has 0 aromatic carbocycles. The van der Waals surface area contributed by atoms with Crippen molar-refractivity contribution in [1.82, 2.24) is 5.32 Å². The van der Waals surface area contributed by atoms with Crippen LogP contribution < -0.4 is 11.1 Å². The normalized spacial score (nSPS) is 12.1. The topological polar surface area (TPSA) is 92.4 Å². The van der Waals surface area contributed by atoms with Gasteiger partial charge in [-0.25, -0.2) is 0 Å². The number of aliphatic carboxylic acids is 1. The summed E-state index contributed by atoms with van der Waals surface area (Å²) in [5, 5.41) is 11.1. The molecule has 0 aromatic heterocycles. The molecule has 0 unspecified atom stereocenters. The van der Waals surface area contributed by atoms with Crippen LogP contribution in [0.5, 0.6) is 0 Å². The SMILES string of the molecule is CCC[C@@H](N)C(=O)NCCCCC(=O)O. The summed E-state index contributed by atoms with van der Waals surface area (Å²) in [5.41, 5.74) is 5.58. The molecule has 0 radical (unpaired) electrons. The van der Waals surface area contributed by atoms with E-state index in [-0.39, 0.29) is 12.3 Å². The first-order chi connectivity index (χ1) is 7.07. The molecule has 0 aliphatic heterocycles. The molecule has 15 heavy (non-hydrogen) atoms. The lowest BCUT2D eigenvalue weighted by Gasteiger charge is -2.10. The molecule has 1 atom stereocenters. The van der Waals surface area contributed by atoms with E-state index in [2.05, 4.69) is 5.32 Å². The zero-order chi connectivity index (χ0) is 11.7. The molecule has 0 bridgehead atoms. The second-order valence-corrected chi connectivity index (χ2v) is 3.54. The molecule has 88 valence electrons. The van der Waals surface area contributed by atoms with Gasteiger partial charge in [0.1, 0.15) is 0 Å². The van der Waals surface area contributed by atoms with E-state index < -0.39 is 12.0 Å². The van der Waals surface area contributed by atoms with Gasteiger partial charge < -0.3 is 16.2 Å². The van der Waals surface area contributed by atoms with Crippen molar-refractivity contribution in [2.45, 2.75) is 45.1 Å². The van der Waals surface area contributed by atoms with Gasteiger partial charge in [-0.1, -0.05) is 13.3 Å². The van der Waals surface area contributed by atoms with Gasteiger partial charge in [0.2, 0.25) is 5.91 Å². The van der Waals surface area contributed by atoms with Crippen molar-refractivity contribution in [3.05, 3.63) is 0 Å². The Balaban J connectivity index is 3.42. The third-order valence-electron chi connectivity index (χ3n) is 2.05. The summed E-state index contributed by atoms with van der Waals surface area (Å²) < 4.78 is 0. The van der Waals surface area contributed by atoms with Gasteiger partial charge in [0, 0.05) is 13.0 Å². The molecule has 0 saturated carbocycles. The summed E-state index contributed by atoms with van der Waals surface area (Å²) in [5.74, 6) is -0.948. The molecule has 0 rings (SSSR count). The van der Waals surface area contributed by atoms with E-state index >= 15 is 0 Å². The molecule has 5 nitrogen and oxygen atoms in total. The van der Waals surface area contributed by atoms with Crippen LogP contribution in [-0.2, 0) is 9.59 Å². The molecule has 1 amide bonds. The fraction of sp³-hybridized carbons (Fsp3) is 0.800. The lowest BCUT2D eigenvalue weighted by atomic mass is 10.1. The van der Waals surface area contributed by atoms with Crippen LogP contribution in [0.15, 0.2) is 0 Å². The second-order valence-electron chi connectivity index (χ2n) is 3.54. The number of carbonyl (C=O) groups is 2. The van der Waals surface area contributed by atoms with Gasteiger partial charge in [-0.05, 0) is 19.3 Å². The number of carboxylic acid groups (broad SMARTS) is 1. The van der Waals surface area contributed by atoms with E-state index in [1.807, 2.05) is 6.92 Å². The Bertz CT molecular complexity index is 207. The van der Waals surface area contributed by atoms with Crippen LogP contribution in [0, 0.1) is 0 Å². The van der Waals surface area contributed by atoms with E-state index in [9.17, 15) is 9.59 Å². The average Bonchev–Trinajstić information content (AvgIpc) is 2.16. The summed E-state index contributed by atoms with van der Waals surface area (Å²) in [4.78, 5) is 21.5. The number of rotatable bonds is 8. The standard InChI is InChI=1S/C10H20N2O3/c1-2-5-8(11)10(15)12-7-4-3-6-9(13)14/h8H,2-7,11H2,1H3,(H,12,15)(H,13,14)/t8-/m1/s1. The molecular formula is C10H20N2O3. The van der Waals surface area contributed by atoms with Gasteiger partial charge in [-0.15, -0.1) is 0 Å². The van der Waals surface area contributed by atoms with Crippen LogP contribution in [0.3, 0.4) is 0 Å². The summed E-state index contributed by atoms with van der Waals surface area (Å²) in [7, 11) is 0. The molecule has 0 aromatic rings. The summed E-state index contributed by atoms with van der Waals surface area (Å²) in [6.45, 7) is 2.48. The van der Waals surface area contributed by atoms with Gasteiger partial charge in [0.15, 0.2) is 0 Å². The lowest BCUT2D eigenvalue weighted by Crippen LogP contribution is -2.40. The van der Waals surface area contributed by atoms with Crippen molar-refractivity contribution in [2.75, 3.05) is 6.54 Å². The van der Waals surface area contributed by atoms with Gasteiger partial charge in [-0.2, -0.15) is 0 Å². The predicted molar refractivity (Wildman–Crippen MR) is 57.4 cm³/mol. The van der Waals surface area contributed by atoms with Crippen molar-refractivity contribution in [3.63, 3.8) is 0 Å². The van der Waals surface area contributed by atoms with Gasteiger partial charge in [-0.3, -0.25) is 9.59 Å². The zero-order valence-electron chi connectivity index (χ0n) is 9.16. The molecule has 0 saturated heterocycles. The zero-order valence-corrected chi connectivity index (χ0v) is 9.16. The van der Waals surface area contributed by atoms with Crippen LogP contribution >= 0.6 is 0 Å². The first-order valence-electron chi connectivity index (χ1n) is 5.33. The third kappa shape index (κ3) is 7.93. The fourth-order valence-corrected chi connectivity index (χ4v) is 1.19. The molecule has 0 aliphatic carbocycles. The third-order valence-corrected chi connectivity index (χ3v) is 2.05. The number of carbonyl (C=O) groups excluding carboxylic acids is 1. The minimum absolute atomic E-state index is 0.146. The number of unbranched alkanes of at least 4 members (excludes halogenated alkanes) is 1. The maximum absolute atomic E-state index is 11.3. The molecule has 0 fully saturated rings. The van der Waals surface area contributed by atoms with Gasteiger partial charge in [0.05, 0.1) is 6.04 Å². The van der Waals surface area contributed by atoms with E-state index in [0.717, 1.165) is 6.42 Å². The first-order valence-corrected chi connectivity index (χ1v) is 5.33. The highest BCUT2D eigenvalue weighted by molar-refractivity contribution is 5.81. The Morgan fingerprint density at radius 1 is 1.40 bits per heavy atom. The highest BCUT2D eigenvalue weighted by Gasteiger charge is 2.10. The second kappa shape index (κ2) is 8.23. The van der Waals surface area contributed by atoms with Gasteiger partial charge >= 0.3 is 5.97 Å². The average molecular weight is 216 g/mol. The van der Waals surface area contributed by atoms with Crippen LogP contribution in [0.1, 0.15) is 39.0 Å². The summed E-state index contributed by atoms with van der Waals surface area (Å²) >= 11 is 0. The maximum atomic E-state index is 11.3. The van der Waals surface area contributed by atoms with E-state index in [4.69, 9.17) is 10.8 Å². The quantitative estimate of drug-likeness (QED) is 0.515. The molecule has 0 heterocycles. The molecule has 4 N–H and O–H groups in total. The van der Waals surface area contributed by atoms with Crippen molar-refractivity contribution < 1.29 is 14.7 Å². The number of amides is 1. The monoisotopic (exact) mass is 216 g/mol. The molecule has 0 spiro atoms. The van der Waals surface area contributed by atoms with Crippen LogP contribution in [0.25, 0.3) is 0 Å². The van der Waals surface area contributed by atoms with Crippen molar-refractivity contribution in [2.24, 2.45) is 5.73 Å². The van der Waals surface area contributed by atoms with E-state index in [1.54, 1.807) is 0 Å². The number of nitrogens with two attached hydrogens (primary N) is 1. The van der Waals surface area contributed by atoms with E-state index in [1.165, 1.54) is 0 Å². The molecule has 5 heteroatoms. The summed E-state index contributed by atoms with van der Waals surface area (Å²) in [6.07, 6.45) is 2.97. The maximum Gasteiger partial charge on any atom is 0.303 e. The van der Waals surface area contributed by atoms with Crippen LogP contribution in [0.2, 0.25) is 0 Å². The Morgan fingerprint density at radius 2 is 2.07 bits per heavy atom. The summed E-state index contributed by atoms with van der Waals surface area (Å²) in [6, 6.07) is -0.436. The smallest absolute Gasteiger partial charge is 0.303 e. The Hall–Kier alpha value is -1.10. The predicted octanol–water partition coefficient (Wildman–Crippen LogP) is 0.485. The highest BCUT2D eigenvalue weighted by atomic mass is 16.4. The largest absolute Gasteiger partial charge is 0.481 e. The van der Waals surface area contributed by atoms with Crippen molar-refractivity contribution in [1.29, 1.82) is 0 Å². The Morgan fingerprint density at radius 3 is 2.60 bits per heavy atom. The van der Waals surface area contributed by atoms with Crippen LogP contribution in [-0.4, -0.2) is 29.6 Å². The Kier molecular flexibility index (Phi) is 7.62. The highest BCUT2D eigenvalue weighted by Crippen LogP contribution is 1.95. The fourth-order valence-electron chi connectivity index (χ4n) is 1.19. The number of carboxylic acids is 1. The minimum atomic E-state index is -0.802. The number of nitrogens with one attached hydrogen (secondary N) is 1. The minimum Gasteiger partial charge on any atom is -0.481 e. The number of hydrogen-bond donors (Lipinski definition) is 3. The molecular weight excluding hydrogens is 196 g/mol. The molecule has 0 aliphatic rings. The Labute approximate surface area is 90.0 Å². The van der Waals surface area contributed by atoms with Crippen molar-refractivity contribution >= 4 is 11.9 Å². The number of hydrogen-bond acceptors (Lipinski definition) is 3. The van der Waals surface area contributed by atoms with Crippen molar-refractivity contribution in [3.8, 4) is 0 Å². The van der Waals surface area contributed by atoms with E-state index in [0.29, 0.717) is 25.8 Å². The van der Waals surface area contributed by atoms with Gasteiger partial charge in [0.25, 0.3) is 0 Å². The first kappa shape index (κ1) is 13.9. The van der Waals surface area contributed by atoms with Crippen LogP contribution in [0.4, 0.5) is 0 Å². The lowest BCUT2D eigenvalue weighted by molar-refractivity contribution is -0.137.